The summed E-state index contributed by atoms with van der Waals surface area (Å²) in [4.78, 5) is 23.8. The highest BCUT2D eigenvalue weighted by atomic mass is 35.5. The van der Waals surface area contributed by atoms with Crippen LogP contribution in [0.1, 0.15) is 17.5 Å². The van der Waals surface area contributed by atoms with Gasteiger partial charge < -0.3 is 20.1 Å². The van der Waals surface area contributed by atoms with E-state index in [1.807, 2.05) is 36.4 Å². The summed E-state index contributed by atoms with van der Waals surface area (Å²) in [5, 5.41) is 6.01. The average molecular weight is 391 g/mol. The first-order valence-corrected chi connectivity index (χ1v) is 8.89. The fraction of sp³-hybridized carbons (Fsp3) is 0.300. The maximum absolute atomic E-state index is 11.9. The summed E-state index contributed by atoms with van der Waals surface area (Å²) in [6.07, 6.45) is 0.393. The minimum absolute atomic E-state index is 0.226. The van der Waals surface area contributed by atoms with E-state index in [1.54, 1.807) is 20.3 Å². The summed E-state index contributed by atoms with van der Waals surface area (Å²) >= 11 is 6.03. The van der Waals surface area contributed by atoms with Gasteiger partial charge in [0, 0.05) is 18.1 Å². The summed E-state index contributed by atoms with van der Waals surface area (Å²) in [5.41, 5.74) is 1.80. The standard InChI is InChI=1S/C20H23ClN2O4/c1-26-17-8-7-14(11-18(17)27-2)9-10-22-19(24)12-20(25)23-13-15-5-3-4-6-16(15)21/h3-8,11H,9-10,12-13H2,1-2H3,(H,22,24)(H,23,25). The molecule has 2 aromatic rings. The van der Waals surface area contributed by atoms with Gasteiger partial charge in [0.15, 0.2) is 11.5 Å². The molecule has 0 atom stereocenters. The van der Waals surface area contributed by atoms with Crippen LogP contribution in [0.5, 0.6) is 11.5 Å². The maximum atomic E-state index is 11.9. The average Bonchev–Trinajstić information content (AvgIpc) is 2.67. The Bertz CT molecular complexity index is 795. The summed E-state index contributed by atoms with van der Waals surface area (Å²) < 4.78 is 10.4. The molecule has 0 spiro atoms. The Morgan fingerprint density at radius 3 is 2.37 bits per heavy atom. The Hall–Kier alpha value is -2.73. The summed E-state index contributed by atoms with van der Waals surface area (Å²) in [6.45, 7) is 0.712. The van der Waals surface area contributed by atoms with E-state index in [9.17, 15) is 9.59 Å². The minimum Gasteiger partial charge on any atom is -0.493 e. The Balaban J connectivity index is 1.73. The van der Waals surface area contributed by atoms with Crippen molar-refractivity contribution in [2.75, 3.05) is 20.8 Å². The number of hydrogen-bond acceptors (Lipinski definition) is 4. The number of carbonyl (C=O) groups is 2. The van der Waals surface area contributed by atoms with Gasteiger partial charge in [-0.3, -0.25) is 9.59 Å². The van der Waals surface area contributed by atoms with E-state index in [2.05, 4.69) is 10.6 Å². The van der Waals surface area contributed by atoms with Crippen molar-refractivity contribution < 1.29 is 19.1 Å². The Kier molecular flexibility index (Phi) is 7.95. The van der Waals surface area contributed by atoms with Crippen molar-refractivity contribution in [2.45, 2.75) is 19.4 Å². The highest BCUT2D eigenvalue weighted by Crippen LogP contribution is 2.27. The summed E-state index contributed by atoms with van der Waals surface area (Å²) in [6, 6.07) is 12.8. The van der Waals surface area contributed by atoms with Crippen LogP contribution in [-0.4, -0.2) is 32.6 Å². The molecular formula is C20H23ClN2O4. The van der Waals surface area contributed by atoms with Gasteiger partial charge in [0.05, 0.1) is 14.2 Å². The van der Waals surface area contributed by atoms with Crippen molar-refractivity contribution in [3.05, 3.63) is 58.6 Å². The number of amides is 2. The monoisotopic (exact) mass is 390 g/mol. The van der Waals surface area contributed by atoms with Crippen molar-refractivity contribution in [1.82, 2.24) is 10.6 Å². The molecule has 0 aliphatic rings. The second kappa shape index (κ2) is 10.4. The van der Waals surface area contributed by atoms with E-state index >= 15 is 0 Å². The fourth-order valence-corrected chi connectivity index (χ4v) is 2.69. The van der Waals surface area contributed by atoms with E-state index in [0.717, 1.165) is 11.1 Å². The number of hydrogen-bond donors (Lipinski definition) is 2. The molecule has 2 aromatic carbocycles. The maximum Gasteiger partial charge on any atom is 0.229 e. The number of carbonyl (C=O) groups excluding carboxylic acids is 2. The topological polar surface area (TPSA) is 76.7 Å². The van der Waals surface area contributed by atoms with Gasteiger partial charge in [-0.05, 0) is 35.7 Å². The molecule has 6 nitrogen and oxygen atoms in total. The highest BCUT2D eigenvalue weighted by Gasteiger charge is 2.10. The van der Waals surface area contributed by atoms with Crippen LogP contribution in [0, 0.1) is 0 Å². The normalized spacial score (nSPS) is 10.2. The quantitative estimate of drug-likeness (QED) is 0.645. The lowest BCUT2D eigenvalue weighted by atomic mass is 10.1. The van der Waals surface area contributed by atoms with Crippen LogP contribution in [0.2, 0.25) is 5.02 Å². The lowest BCUT2D eigenvalue weighted by molar-refractivity contribution is -0.129. The SMILES string of the molecule is COc1ccc(CCNC(=O)CC(=O)NCc2ccccc2Cl)cc1OC. The van der Waals surface area contributed by atoms with E-state index < -0.39 is 0 Å². The molecule has 7 heteroatoms. The first kappa shape index (κ1) is 20.6. The number of methoxy groups -OCH3 is 2. The van der Waals surface area contributed by atoms with Gasteiger partial charge in [0.2, 0.25) is 11.8 Å². The first-order valence-electron chi connectivity index (χ1n) is 8.51. The molecule has 2 rings (SSSR count). The minimum atomic E-state index is -0.349. The van der Waals surface area contributed by atoms with Gasteiger partial charge in [0.1, 0.15) is 6.42 Å². The van der Waals surface area contributed by atoms with E-state index in [-0.39, 0.29) is 24.8 Å². The summed E-state index contributed by atoms with van der Waals surface area (Å²) in [7, 11) is 3.15. The van der Waals surface area contributed by atoms with E-state index in [1.165, 1.54) is 0 Å². The third kappa shape index (κ3) is 6.49. The third-order valence-electron chi connectivity index (χ3n) is 3.94. The van der Waals surface area contributed by atoms with Crippen LogP contribution in [0.15, 0.2) is 42.5 Å². The van der Waals surface area contributed by atoms with E-state index in [0.29, 0.717) is 29.5 Å². The van der Waals surface area contributed by atoms with Crippen LogP contribution in [0.4, 0.5) is 0 Å². The number of rotatable bonds is 9. The molecule has 2 N–H and O–H groups in total. The van der Waals surface area contributed by atoms with Gasteiger partial charge in [-0.15, -0.1) is 0 Å². The molecule has 0 aliphatic carbocycles. The number of benzene rings is 2. The van der Waals surface area contributed by atoms with Crippen molar-refractivity contribution in [2.24, 2.45) is 0 Å². The second-order valence-corrected chi connectivity index (χ2v) is 6.24. The predicted octanol–water partition coefficient (Wildman–Crippen LogP) is 2.72. The highest BCUT2D eigenvalue weighted by molar-refractivity contribution is 6.31. The zero-order chi connectivity index (χ0) is 19.6. The van der Waals surface area contributed by atoms with Crippen molar-refractivity contribution in [3.63, 3.8) is 0 Å². The van der Waals surface area contributed by atoms with Crippen LogP contribution < -0.4 is 20.1 Å². The molecule has 27 heavy (non-hydrogen) atoms. The molecule has 0 saturated carbocycles. The largest absolute Gasteiger partial charge is 0.493 e. The summed E-state index contributed by atoms with van der Waals surface area (Å²) in [5.74, 6) is 0.617. The molecule has 0 heterocycles. The molecule has 0 radical (unpaired) electrons. The Labute approximate surface area is 163 Å². The Morgan fingerprint density at radius 2 is 1.67 bits per heavy atom. The lowest BCUT2D eigenvalue weighted by Crippen LogP contribution is -2.32. The second-order valence-electron chi connectivity index (χ2n) is 5.83. The predicted molar refractivity (Wildman–Crippen MR) is 104 cm³/mol. The van der Waals surface area contributed by atoms with Crippen molar-refractivity contribution in [3.8, 4) is 11.5 Å². The van der Waals surface area contributed by atoms with Crippen LogP contribution in [0.25, 0.3) is 0 Å². The van der Waals surface area contributed by atoms with E-state index in [4.69, 9.17) is 21.1 Å². The van der Waals surface area contributed by atoms with Crippen LogP contribution >= 0.6 is 11.6 Å². The van der Waals surface area contributed by atoms with Gasteiger partial charge in [0.25, 0.3) is 0 Å². The fourth-order valence-electron chi connectivity index (χ4n) is 2.49. The van der Waals surface area contributed by atoms with Crippen LogP contribution in [-0.2, 0) is 22.6 Å². The molecule has 0 fully saturated rings. The van der Waals surface area contributed by atoms with Gasteiger partial charge in [-0.1, -0.05) is 35.9 Å². The zero-order valence-corrected chi connectivity index (χ0v) is 16.1. The number of ether oxygens (including phenoxy) is 2. The molecule has 144 valence electrons. The third-order valence-corrected chi connectivity index (χ3v) is 4.31. The van der Waals surface area contributed by atoms with Gasteiger partial charge >= 0.3 is 0 Å². The lowest BCUT2D eigenvalue weighted by Gasteiger charge is -2.10. The number of halogens is 1. The molecule has 0 aliphatic heterocycles. The smallest absolute Gasteiger partial charge is 0.229 e. The zero-order valence-electron chi connectivity index (χ0n) is 15.4. The molecule has 0 aromatic heterocycles. The first-order chi connectivity index (χ1) is 13.0. The Morgan fingerprint density at radius 1 is 0.963 bits per heavy atom. The molecule has 0 bridgehead atoms. The van der Waals surface area contributed by atoms with Crippen LogP contribution in [0.3, 0.4) is 0 Å². The van der Waals surface area contributed by atoms with Gasteiger partial charge in [-0.25, -0.2) is 0 Å². The molecular weight excluding hydrogens is 368 g/mol. The van der Waals surface area contributed by atoms with Gasteiger partial charge in [-0.2, -0.15) is 0 Å². The molecule has 0 unspecified atom stereocenters. The molecule has 0 saturated heterocycles. The van der Waals surface area contributed by atoms with Crippen molar-refractivity contribution in [1.29, 1.82) is 0 Å². The molecule has 2 amide bonds. The number of nitrogens with one attached hydrogen (secondary N) is 2. The van der Waals surface area contributed by atoms with Crippen molar-refractivity contribution >= 4 is 23.4 Å².